The molecule has 0 bridgehead atoms. The molecule has 0 unspecified atom stereocenters. The molecule has 20 heavy (non-hydrogen) atoms. The molecule has 0 aromatic heterocycles. The van der Waals surface area contributed by atoms with Gasteiger partial charge in [0.25, 0.3) is 0 Å². The van der Waals surface area contributed by atoms with Crippen molar-refractivity contribution in [2.75, 3.05) is 18.5 Å². The van der Waals surface area contributed by atoms with Crippen molar-refractivity contribution in [3.8, 4) is 11.8 Å². The predicted molar refractivity (Wildman–Crippen MR) is 81.7 cm³/mol. The third-order valence-corrected chi connectivity index (χ3v) is 2.70. The number of benzene rings is 1. The lowest BCUT2D eigenvalue weighted by Crippen LogP contribution is -2.29. The van der Waals surface area contributed by atoms with E-state index in [0.29, 0.717) is 18.7 Å². The Hall–Kier alpha value is -1.99. The summed E-state index contributed by atoms with van der Waals surface area (Å²) in [6.45, 7) is 4.76. The number of anilines is 1. The molecule has 0 fully saturated rings. The van der Waals surface area contributed by atoms with Crippen molar-refractivity contribution >= 4 is 11.7 Å². The van der Waals surface area contributed by atoms with Gasteiger partial charge in [-0.3, -0.25) is 0 Å². The number of unbranched alkanes of at least 4 members (excludes halogenated alkanes) is 1. The molecule has 2 amide bonds. The molecule has 4 heteroatoms. The maximum Gasteiger partial charge on any atom is 0.319 e. The largest absolute Gasteiger partial charge is 0.395 e. The van der Waals surface area contributed by atoms with Gasteiger partial charge >= 0.3 is 6.03 Å². The highest BCUT2D eigenvalue weighted by molar-refractivity contribution is 5.90. The molecule has 3 N–H and O–H groups in total. The molecular weight excluding hydrogens is 252 g/mol. The Morgan fingerprint density at radius 1 is 1.40 bits per heavy atom. The van der Waals surface area contributed by atoms with Crippen molar-refractivity contribution < 1.29 is 9.90 Å². The monoisotopic (exact) mass is 274 g/mol. The Labute approximate surface area is 120 Å². The van der Waals surface area contributed by atoms with Gasteiger partial charge in [-0.2, -0.15) is 0 Å². The minimum absolute atomic E-state index is 0.0408. The lowest BCUT2D eigenvalue weighted by Gasteiger charge is -2.09. The Bertz CT molecular complexity index is 501. The first-order valence-electron chi connectivity index (χ1n) is 6.92. The molecule has 0 heterocycles. The number of hydrogen-bond donors (Lipinski definition) is 3. The van der Waals surface area contributed by atoms with Gasteiger partial charge in [0, 0.05) is 18.5 Å². The molecule has 0 saturated heterocycles. The van der Waals surface area contributed by atoms with Crippen molar-refractivity contribution in [2.45, 2.75) is 33.1 Å². The maximum atomic E-state index is 11.7. The summed E-state index contributed by atoms with van der Waals surface area (Å²) >= 11 is 0. The number of amides is 2. The van der Waals surface area contributed by atoms with Crippen LogP contribution >= 0.6 is 0 Å². The van der Waals surface area contributed by atoms with E-state index >= 15 is 0 Å². The fraction of sp³-hybridized carbons (Fsp3) is 0.438. The van der Waals surface area contributed by atoms with Gasteiger partial charge in [0.1, 0.15) is 0 Å². The fourth-order valence-electron chi connectivity index (χ4n) is 1.63. The van der Waals surface area contributed by atoms with Gasteiger partial charge in [-0.1, -0.05) is 31.3 Å². The van der Waals surface area contributed by atoms with Gasteiger partial charge < -0.3 is 15.7 Å². The van der Waals surface area contributed by atoms with Crippen LogP contribution < -0.4 is 10.6 Å². The minimum atomic E-state index is -0.215. The van der Waals surface area contributed by atoms with Gasteiger partial charge in [-0.25, -0.2) is 4.79 Å². The summed E-state index contributed by atoms with van der Waals surface area (Å²) in [6, 6.07) is 5.48. The van der Waals surface area contributed by atoms with E-state index in [0.717, 1.165) is 24.0 Å². The van der Waals surface area contributed by atoms with E-state index in [1.54, 1.807) is 0 Å². The lowest BCUT2D eigenvalue weighted by atomic mass is 10.1. The Morgan fingerprint density at radius 3 is 2.90 bits per heavy atom. The Morgan fingerprint density at radius 2 is 2.20 bits per heavy atom. The van der Waals surface area contributed by atoms with Crippen LogP contribution in [0.1, 0.15) is 37.3 Å². The van der Waals surface area contributed by atoms with Gasteiger partial charge in [-0.15, -0.1) is 0 Å². The van der Waals surface area contributed by atoms with E-state index in [9.17, 15) is 4.79 Å². The summed E-state index contributed by atoms with van der Waals surface area (Å²) in [7, 11) is 0. The molecule has 0 aliphatic heterocycles. The second-order valence-corrected chi connectivity index (χ2v) is 4.56. The summed E-state index contributed by atoms with van der Waals surface area (Å²) in [5.41, 5.74) is 2.54. The van der Waals surface area contributed by atoms with Crippen LogP contribution in [0.3, 0.4) is 0 Å². The van der Waals surface area contributed by atoms with E-state index in [2.05, 4.69) is 29.4 Å². The molecule has 1 aromatic carbocycles. The van der Waals surface area contributed by atoms with Crippen LogP contribution in [-0.2, 0) is 0 Å². The fourth-order valence-corrected chi connectivity index (χ4v) is 1.63. The predicted octanol–water partition coefficient (Wildman–Crippen LogP) is 2.65. The first-order chi connectivity index (χ1) is 9.67. The number of carbonyl (C=O) groups is 1. The molecule has 0 aliphatic carbocycles. The van der Waals surface area contributed by atoms with Crippen molar-refractivity contribution in [3.63, 3.8) is 0 Å². The number of urea groups is 1. The summed E-state index contributed by atoms with van der Waals surface area (Å²) in [4.78, 5) is 11.7. The van der Waals surface area contributed by atoms with Crippen LogP contribution in [0.25, 0.3) is 0 Å². The maximum absolute atomic E-state index is 11.7. The summed E-state index contributed by atoms with van der Waals surface area (Å²) in [5, 5.41) is 14.4. The summed E-state index contributed by atoms with van der Waals surface area (Å²) in [6.07, 6.45) is 2.43. The SMILES string of the molecule is CCCCNC(=O)Nc1ccc(C)cc1C#CCCO. The number of nitrogens with one attached hydrogen (secondary N) is 2. The average molecular weight is 274 g/mol. The van der Waals surface area contributed by atoms with Gasteiger partial charge in [0.05, 0.1) is 12.3 Å². The second-order valence-electron chi connectivity index (χ2n) is 4.56. The molecule has 0 aliphatic rings. The Kier molecular flexibility index (Phi) is 7.23. The lowest BCUT2D eigenvalue weighted by molar-refractivity contribution is 0.252. The zero-order chi connectivity index (χ0) is 14.8. The number of aliphatic hydroxyl groups is 1. The third kappa shape index (κ3) is 5.77. The van der Waals surface area contributed by atoms with E-state index in [1.165, 1.54) is 0 Å². The highest BCUT2D eigenvalue weighted by atomic mass is 16.2. The molecule has 0 atom stereocenters. The van der Waals surface area contributed by atoms with Crippen LogP contribution in [0.15, 0.2) is 18.2 Å². The van der Waals surface area contributed by atoms with E-state index in [4.69, 9.17) is 5.11 Å². The standard InChI is InChI=1S/C16H22N2O2/c1-3-4-10-17-16(20)18-15-9-8-13(2)12-14(15)7-5-6-11-19/h8-9,12,19H,3-4,6,10-11H2,1-2H3,(H2,17,18,20). The smallest absolute Gasteiger partial charge is 0.319 e. The van der Waals surface area contributed by atoms with Gasteiger partial charge in [0.15, 0.2) is 0 Å². The van der Waals surface area contributed by atoms with Crippen LogP contribution in [0.4, 0.5) is 10.5 Å². The third-order valence-electron chi connectivity index (χ3n) is 2.70. The molecule has 108 valence electrons. The molecule has 0 spiro atoms. The van der Waals surface area contributed by atoms with Gasteiger partial charge in [-0.05, 0) is 31.0 Å². The van der Waals surface area contributed by atoms with Crippen LogP contribution in [0.5, 0.6) is 0 Å². The van der Waals surface area contributed by atoms with Crippen LogP contribution in [0.2, 0.25) is 0 Å². The molecule has 1 rings (SSSR count). The molecule has 1 aromatic rings. The second kappa shape index (κ2) is 9.00. The van der Waals surface area contributed by atoms with E-state index < -0.39 is 0 Å². The normalized spacial score (nSPS) is 9.55. The van der Waals surface area contributed by atoms with Crippen LogP contribution in [0, 0.1) is 18.8 Å². The first kappa shape index (κ1) is 16.1. The molecule has 0 radical (unpaired) electrons. The molecule has 0 saturated carbocycles. The number of aryl methyl sites for hydroxylation is 1. The van der Waals surface area contributed by atoms with Crippen molar-refractivity contribution in [1.82, 2.24) is 5.32 Å². The molecular formula is C16H22N2O2. The average Bonchev–Trinajstić information content (AvgIpc) is 2.42. The van der Waals surface area contributed by atoms with Crippen molar-refractivity contribution in [1.29, 1.82) is 0 Å². The highest BCUT2D eigenvalue weighted by Gasteiger charge is 2.05. The number of hydrogen-bond acceptors (Lipinski definition) is 2. The minimum Gasteiger partial charge on any atom is -0.395 e. The zero-order valence-electron chi connectivity index (χ0n) is 12.1. The first-order valence-corrected chi connectivity index (χ1v) is 6.92. The highest BCUT2D eigenvalue weighted by Crippen LogP contribution is 2.16. The quantitative estimate of drug-likeness (QED) is 0.571. The summed E-state index contributed by atoms with van der Waals surface area (Å²) in [5.74, 6) is 5.85. The van der Waals surface area contributed by atoms with E-state index in [1.807, 2.05) is 25.1 Å². The topological polar surface area (TPSA) is 61.4 Å². The van der Waals surface area contributed by atoms with Gasteiger partial charge in [0.2, 0.25) is 0 Å². The number of aliphatic hydroxyl groups excluding tert-OH is 1. The Balaban J connectivity index is 2.74. The zero-order valence-corrected chi connectivity index (χ0v) is 12.1. The number of carbonyl (C=O) groups excluding carboxylic acids is 1. The van der Waals surface area contributed by atoms with Crippen LogP contribution in [-0.4, -0.2) is 24.3 Å². The number of rotatable bonds is 5. The molecule has 4 nitrogen and oxygen atoms in total. The van der Waals surface area contributed by atoms with E-state index in [-0.39, 0.29) is 12.6 Å². The van der Waals surface area contributed by atoms with Crippen molar-refractivity contribution in [2.24, 2.45) is 0 Å². The summed E-state index contributed by atoms with van der Waals surface area (Å²) < 4.78 is 0. The van der Waals surface area contributed by atoms with Crippen molar-refractivity contribution in [3.05, 3.63) is 29.3 Å².